The van der Waals surface area contributed by atoms with Crippen molar-refractivity contribution in [3.63, 3.8) is 0 Å². The SMILES string of the molecule is O=C(c1coc2ccccc12)N1C[C@@H]2CCCN[C@@H]2C1. The van der Waals surface area contributed by atoms with E-state index in [1.165, 1.54) is 12.8 Å². The molecule has 2 fully saturated rings. The summed E-state index contributed by atoms with van der Waals surface area (Å²) in [4.78, 5) is 14.7. The Bertz CT molecular complexity index is 635. The van der Waals surface area contributed by atoms with E-state index < -0.39 is 0 Å². The minimum Gasteiger partial charge on any atom is -0.463 e. The van der Waals surface area contributed by atoms with Gasteiger partial charge in [0.2, 0.25) is 0 Å². The average Bonchev–Trinajstić information content (AvgIpc) is 3.10. The number of para-hydroxylation sites is 1. The van der Waals surface area contributed by atoms with Crippen LogP contribution in [0.1, 0.15) is 23.2 Å². The number of nitrogens with one attached hydrogen (secondary N) is 1. The van der Waals surface area contributed by atoms with Crippen molar-refractivity contribution in [2.75, 3.05) is 19.6 Å². The van der Waals surface area contributed by atoms with Crippen molar-refractivity contribution in [1.82, 2.24) is 10.2 Å². The number of nitrogens with zero attached hydrogens (tertiary/aromatic N) is 1. The van der Waals surface area contributed by atoms with Gasteiger partial charge in [0.25, 0.3) is 5.91 Å². The van der Waals surface area contributed by atoms with Crippen LogP contribution in [0.4, 0.5) is 0 Å². The predicted molar refractivity (Wildman–Crippen MR) is 76.6 cm³/mol. The van der Waals surface area contributed by atoms with Gasteiger partial charge in [0.15, 0.2) is 0 Å². The Labute approximate surface area is 117 Å². The van der Waals surface area contributed by atoms with Crippen LogP contribution >= 0.6 is 0 Å². The summed E-state index contributed by atoms with van der Waals surface area (Å²) in [6, 6.07) is 8.20. The van der Waals surface area contributed by atoms with E-state index >= 15 is 0 Å². The summed E-state index contributed by atoms with van der Waals surface area (Å²) < 4.78 is 5.49. The van der Waals surface area contributed by atoms with Gasteiger partial charge in [-0.05, 0) is 31.4 Å². The van der Waals surface area contributed by atoms with Gasteiger partial charge in [-0.3, -0.25) is 4.79 Å². The smallest absolute Gasteiger partial charge is 0.257 e. The van der Waals surface area contributed by atoms with Gasteiger partial charge in [0, 0.05) is 24.5 Å². The lowest BCUT2D eigenvalue weighted by atomic mass is 9.94. The maximum atomic E-state index is 12.7. The lowest BCUT2D eigenvalue weighted by Gasteiger charge is -2.24. The first-order valence-electron chi connectivity index (χ1n) is 7.32. The Balaban J connectivity index is 1.61. The van der Waals surface area contributed by atoms with Crippen molar-refractivity contribution in [1.29, 1.82) is 0 Å². The monoisotopic (exact) mass is 270 g/mol. The van der Waals surface area contributed by atoms with Crippen molar-refractivity contribution >= 4 is 16.9 Å². The number of carbonyl (C=O) groups excluding carboxylic acids is 1. The molecule has 0 unspecified atom stereocenters. The van der Waals surface area contributed by atoms with Gasteiger partial charge < -0.3 is 14.6 Å². The number of amides is 1. The van der Waals surface area contributed by atoms with Crippen LogP contribution in [0.5, 0.6) is 0 Å². The van der Waals surface area contributed by atoms with Gasteiger partial charge in [-0.15, -0.1) is 0 Å². The summed E-state index contributed by atoms with van der Waals surface area (Å²) in [6.45, 7) is 2.77. The van der Waals surface area contributed by atoms with Crippen LogP contribution in [-0.4, -0.2) is 36.5 Å². The van der Waals surface area contributed by atoms with Crippen molar-refractivity contribution < 1.29 is 9.21 Å². The van der Waals surface area contributed by atoms with Crippen LogP contribution < -0.4 is 5.32 Å². The maximum Gasteiger partial charge on any atom is 0.257 e. The molecule has 20 heavy (non-hydrogen) atoms. The highest BCUT2D eigenvalue weighted by Crippen LogP contribution is 2.28. The number of likely N-dealkylation sites (tertiary alicyclic amines) is 1. The Morgan fingerprint density at radius 3 is 3.10 bits per heavy atom. The zero-order chi connectivity index (χ0) is 13.5. The number of hydrogen-bond donors (Lipinski definition) is 1. The minimum absolute atomic E-state index is 0.103. The molecule has 0 spiro atoms. The number of fused-ring (bicyclic) bond motifs is 2. The molecule has 1 amide bonds. The van der Waals surface area contributed by atoms with E-state index in [0.29, 0.717) is 17.5 Å². The first-order chi connectivity index (χ1) is 9.83. The molecule has 0 saturated carbocycles. The van der Waals surface area contributed by atoms with E-state index in [0.717, 1.165) is 30.6 Å². The second-order valence-electron chi connectivity index (χ2n) is 5.82. The first kappa shape index (κ1) is 12.0. The van der Waals surface area contributed by atoms with Gasteiger partial charge >= 0.3 is 0 Å². The van der Waals surface area contributed by atoms with Gasteiger partial charge in [-0.1, -0.05) is 18.2 Å². The van der Waals surface area contributed by atoms with E-state index in [2.05, 4.69) is 5.32 Å². The molecule has 3 heterocycles. The molecule has 4 rings (SSSR count). The quantitative estimate of drug-likeness (QED) is 0.864. The minimum atomic E-state index is 0.103. The summed E-state index contributed by atoms with van der Waals surface area (Å²) in [6.07, 6.45) is 4.05. The fourth-order valence-electron chi connectivity index (χ4n) is 3.53. The molecular weight excluding hydrogens is 252 g/mol. The molecule has 2 aliphatic rings. The Hall–Kier alpha value is -1.81. The molecule has 0 bridgehead atoms. The third-order valence-corrected chi connectivity index (χ3v) is 4.60. The molecule has 0 radical (unpaired) electrons. The Kier molecular flexibility index (Phi) is 2.77. The molecule has 2 aliphatic heterocycles. The largest absolute Gasteiger partial charge is 0.463 e. The summed E-state index contributed by atoms with van der Waals surface area (Å²) in [5.41, 5.74) is 1.48. The van der Waals surface area contributed by atoms with E-state index in [1.54, 1.807) is 6.26 Å². The fraction of sp³-hybridized carbons (Fsp3) is 0.438. The van der Waals surface area contributed by atoms with E-state index in [-0.39, 0.29) is 5.91 Å². The van der Waals surface area contributed by atoms with Crippen LogP contribution in [0.15, 0.2) is 34.9 Å². The molecule has 104 valence electrons. The first-order valence-corrected chi connectivity index (χ1v) is 7.32. The molecule has 2 atom stereocenters. The lowest BCUT2D eigenvalue weighted by Crippen LogP contribution is -2.41. The van der Waals surface area contributed by atoms with Crippen molar-refractivity contribution in [3.05, 3.63) is 36.1 Å². The van der Waals surface area contributed by atoms with E-state index in [4.69, 9.17) is 4.42 Å². The van der Waals surface area contributed by atoms with E-state index in [1.807, 2.05) is 29.2 Å². The fourth-order valence-corrected chi connectivity index (χ4v) is 3.53. The van der Waals surface area contributed by atoms with Gasteiger partial charge in [0.1, 0.15) is 11.8 Å². The number of benzene rings is 1. The molecule has 4 heteroatoms. The van der Waals surface area contributed by atoms with Crippen LogP contribution in [0.3, 0.4) is 0 Å². The van der Waals surface area contributed by atoms with Crippen molar-refractivity contribution in [2.24, 2.45) is 5.92 Å². The third-order valence-electron chi connectivity index (χ3n) is 4.60. The van der Waals surface area contributed by atoms with E-state index in [9.17, 15) is 4.79 Å². The molecular formula is C16H18N2O2. The average molecular weight is 270 g/mol. The Morgan fingerprint density at radius 1 is 1.30 bits per heavy atom. The standard InChI is InChI=1S/C16H18N2O2/c19-16(13-10-20-15-6-2-1-5-12(13)15)18-8-11-4-3-7-17-14(11)9-18/h1-2,5-6,10-11,14,17H,3-4,7-9H2/t11-,14+/m0/s1. The molecule has 4 nitrogen and oxygen atoms in total. The van der Waals surface area contributed by atoms with Crippen molar-refractivity contribution in [2.45, 2.75) is 18.9 Å². The zero-order valence-corrected chi connectivity index (χ0v) is 11.3. The van der Waals surface area contributed by atoms with Crippen LogP contribution in [0.25, 0.3) is 11.0 Å². The number of carbonyl (C=O) groups is 1. The Morgan fingerprint density at radius 2 is 2.20 bits per heavy atom. The molecule has 2 aromatic rings. The molecule has 1 N–H and O–H groups in total. The number of piperidine rings is 1. The normalized spacial score (nSPS) is 25.9. The molecule has 1 aromatic carbocycles. The topological polar surface area (TPSA) is 45.5 Å². The molecule has 2 saturated heterocycles. The zero-order valence-electron chi connectivity index (χ0n) is 11.3. The molecule has 0 aliphatic carbocycles. The second-order valence-corrected chi connectivity index (χ2v) is 5.82. The maximum absolute atomic E-state index is 12.7. The van der Waals surface area contributed by atoms with Crippen LogP contribution in [-0.2, 0) is 0 Å². The summed E-state index contributed by atoms with van der Waals surface area (Å²) in [7, 11) is 0. The summed E-state index contributed by atoms with van der Waals surface area (Å²) >= 11 is 0. The molecule has 1 aromatic heterocycles. The third kappa shape index (κ3) is 1.83. The highest BCUT2D eigenvalue weighted by Gasteiger charge is 2.37. The highest BCUT2D eigenvalue weighted by atomic mass is 16.3. The van der Waals surface area contributed by atoms with Gasteiger partial charge in [-0.25, -0.2) is 0 Å². The predicted octanol–water partition coefficient (Wildman–Crippen LogP) is 2.26. The van der Waals surface area contributed by atoms with Crippen molar-refractivity contribution in [3.8, 4) is 0 Å². The summed E-state index contributed by atoms with van der Waals surface area (Å²) in [5.74, 6) is 0.719. The van der Waals surface area contributed by atoms with Crippen LogP contribution in [0, 0.1) is 5.92 Å². The lowest BCUT2D eigenvalue weighted by molar-refractivity contribution is 0.0786. The van der Waals surface area contributed by atoms with Crippen LogP contribution in [0.2, 0.25) is 0 Å². The summed E-state index contributed by atoms with van der Waals surface area (Å²) in [5, 5.41) is 4.45. The number of furan rings is 1. The number of hydrogen-bond acceptors (Lipinski definition) is 3. The van der Waals surface area contributed by atoms with Gasteiger partial charge in [-0.2, -0.15) is 0 Å². The highest BCUT2D eigenvalue weighted by molar-refractivity contribution is 6.06. The second kappa shape index (κ2) is 4.63. The van der Waals surface area contributed by atoms with Gasteiger partial charge in [0.05, 0.1) is 5.56 Å². The number of rotatable bonds is 1.